The third-order valence-corrected chi connectivity index (χ3v) is 6.55. The van der Waals surface area contributed by atoms with Gasteiger partial charge in [-0.25, -0.2) is 4.39 Å². The van der Waals surface area contributed by atoms with Crippen molar-refractivity contribution in [1.82, 2.24) is 4.90 Å². The molecule has 2 saturated heterocycles. The minimum absolute atomic E-state index is 0.00693. The lowest BCUT2D eigenvalue weighted by Crippen LogP contribution is -2.42. The lowest BCUT2D eigenvalue weighted by atomic mass is 10.1. The standard InChI is InChI=1S/C22H21ClFN3O5S/c23-19-5-2-15(33-19)3-6-20(29)27-11-14(28)10-18(27)22(31)25-17-4-1-13(9-16(17)24)26-7-8-32-12-21(26)30/h1-6,9,14,18,28H,7-8,10-12H2,(H,25,31)/t14-,18-/m1/s1. The average molecular weight is 494 g/mol. The Labute approximate surface area is 198 Å². The van der Waals surface area contributed by atoms with Gasteiger partial charge in [0.1, 0.15) is 18.5 Å². The van der Waals surface area contributed by atoms with Crippen LogP contribution in [0.15, 0.2) is 36.4 Å². The first kappa shape index (κ1) is 23.4. The number of likely N-dealkylation sites (tertiary alicyclic amines) is 1. The first-order chi connectivity index (χ1) is 15.8. The molecule has 2 fully saturated rings. The first-order valence-corrected chi connectivity index (χ1v) is 11.4. The molecule has 8 nitrogen and oxygen atoms in total. The largest absolute Gasteiger partial charge is 0.391 e. The van der Waals surface area contributed by atoms with Crippen molar-refractivity contribution in [3.8, 4) is 0 Å². The van der Waals surface area contributed by atoms with E-state index in [0.717, 1.165) is 4.88 Å². The maximum atomic E-state index is 14.7. The number of amides is 3. The number of hydrogen-bond acceptors (Lipinski definition) is 6. The third-order valence-electron chi connectivity index (χ3n) is 5.36. The Hall–Kier alpha value is -2.79. The molecule has 3 heterocycles. The van der Waals surface area contributed by atoms with Crippen LogP contribution in [0.2, 0.25) is 4.34 Å². The molecule has 0 spiro atoms. The summed E-state index contributed by atoms with van der Waals surface area (Å²) in [4.78, 5) is 40.9. The summed E-state index contributed by atoms with van der Waals surface area (Å²) in [6.07, 6.45) is 2.07. The summed E-state index contributed by atoms with van der Waals surface area (Å²) >= 11 is 7.19. The van der Waals surface area contributed by atoms with Crippen LogP contribution in [-0.4, -0.2) is 66.2 Å². The van der Waals surface area contributed by atoms with Crippen molar-refractivity contribution >= 4 is 58.1 Å². The summed E-state index contributed by atoms with van der Waals surface area (Å²) in [5, 5.41) is 12.5. The van der Waals surface area contributed by atoms with E-state index < -0.39 is 29.8 Å². The molecule has 0 unspecified atom stereocenters. The van der Waals surface area contributed by atoms with Gasteiger partial charge in [-0.05, 0) is 36.4 Å². The Morgan fingerprint density at radius 2 is 2.12 bits per heavy atom. The van der Waals surface area contributed by atoms with Crippen LogP contribution < -0.4 is 10.2 Å². The number of morpholine rings is 1. The normalized spacial score (nSPS) is 21.1. The van der Waals surface area contributed by atoms with Gasteiger partial charge in [0.2, 0.25) is 11.8 Å². The van der Waals surface area contributed by atoms with Crippen molar-refractivity contribution in [2.45, 2.75) is 18.6 Å². The molecule has 1 aromatic heterocycles. The molecule has 2 atom stereocenters. The van der Waals surface area contributed by atoms with E-state index in [-0.39, 0.29) is 31.2 Å². The first-order valence-electron chi connectivity index (χ1n) is 10.2. The van der Waals surface area contributed by atoms with E-state index >= 15 is 0 Å². The van der Waals surface area contributed by atoms with Crippen molar-refractivity contribution in [2.75, 3.05) is 36.5 Å². The zero-order chi connectivity index (χ0) is 23.5. The Morgan fingerprint density at radius 3 is 2.82 bits per heavy atom. The van der Waals surface area contributed by atoms with Crippen LogP contribution in [0.25, 0.3) is 6.08 Å². The SMILES string of the molecule is O=C(Nc1ccc(N2CCOCC2=O)cc1F)[C@H]1C[C@@H](O)CN1C(=O)C=Cc1ccc(Cl)s1. The van der Waals surface area contributed by atoms with E-state index in [2.05, 4.69) is 5.32 Å². The number of β-amino-alcohol motifs (C(OH)–C–C–N with tert-alkyl or cyclic N) is 1. The lowest BCUT2D eigenvalue weighted by Gasteiger charge is -2.27. The van der Waals surface area contributed by atoms with E-state index in [1.165, 1.54) is 45.4 Å². The van der Waals surface area contributed by atoms with Gasteiger partial charge in [0.25, 0.3) is 5.91 Å². The summed E-state index contributed by atoms with van der Waals surface area (Å²) in [7, 11) is 0. The predicted molar refractivity (Wildman–Crippen MR) is 123 cm³/mol. The van der Waals surface area contributed by atoms with Crippen molar-refractivity contribution in [1.29, 1.82) is 0 Å². The molecule has 4 rings (SSSR count). The maximum Gasteiger partial charge on any atom is 0.253 e. The zero-order valence-corrected chi connectivity index (χ0v) is 18.9. The summed E-state index contributed by atoms with van der Waals surface area (Å²) in [6, 6.07) is 6.58. The number of aliphatic hydroxyl groups is 1. The Bertz CT molecular complexity index is 1110. The monoisotopic (exact) mass is 493 g/mol. The molecule has 2 aliphatic rings. The molecule has 2 aromatic rings. The number of thiophene rings is 1. The third kappa shape index (κ3) is 5.41. The topological polar surface area (TPSA) is 99.2 Å². The second-order valence-electron chi connectivity index (χ2n) is 7.62. The van der Waals surface area contributed by atoms with Gasteiger partial charge >= 0.3 is 0 Å². The molecule has 3 amide bonds. The number of anilines is 2. The fourth-order valence-electron chi connectivity index (χ4n) is 3.75. The minimum Gasteiger partial charge on any atom is -0.391 e. The molecule has 33 heavy (non-hydrogen) atoms. The molecule has 0 bridgehead atoms. The molecule has 2 aliphatic heterocycles. The molecule has 2 N–H and O–H groups in total. The second kappa shape index (κ2) is 10.0. The summed E-state index contributed by atoms with van der Waals surface area (Å²) in [5.74, 6) is -2.05. The maximum absolute atomic E-state index is 14.7. The number of rotatable bonds is 5. The molecule has 0 saturated carbocycles. The number of nitrogens with one attached hydrogen (secondary N) is 1. The molecular formula is C22H21ClFN3O5S. The van der Waals surface area contributed by atoms with Gasteiger partial charge in [-0.15, -0.1) is 11.3 Å². The molecule has 0 aliphatic carbocycles. The molecule has 1 aromatic carbocycles. The highest BCUT2D eigenvalue weighted by Crippen LogP contribution is 2.26. The predicted octanol–water partition coefficient (Wildman–Crippen LogP) is 2.52. The van der Waals surface area contributed by atoms with Crippen LogP contribution in [0, 0.1) is 5.82 Å². The molecule has 0 radical (unpaired) electrons. The van der Waals surface area contributed by atoms with E-state index in [1.807, 2.05) is 0 Å². The number of nitrogens with zero attached hydrogens (tertiary/aromatic N) is 2. The Morgan fingerprint density at radius 1 is 1.30 bits per heavy atom. The van der Waals surface area contributed by atoms with Crippen molar-refractivity contribution < 1.29 is 28.6 Å². The lowest BCUT2D eigenvalue weighted by molar-refractivity contribution is -0.132. The van der Waals surface area contributed by atoms with Crippen molar-refractivity contribution in [3.05, 3.63) is 51.4 Å². The van der Waals surface area contributed by atoms with E-state index in [9.17, 15) is 23.9 Å². The highest BCUT2D eigenvalue weighted by atomic mass is 35.5. The van der Waals surface area contributed by atoms with Crippen LogP contribution >= 0.6 is 22.9 Å². The number of halogens is 2. The van der Waals surface area contributed by atoms with Gasteiger partial charge in [0.05, 0.1) is 22.7 Å². The fraction of sp³-hybridized carbons (Fsp3) is 0.318. The highest BCUT2D eigenvalue weighted by Gasteiger charge is 2.38. The number of hydrogen-bond donors (Lipinski definition) is 2. The quantitative estimate of drug-likeness (QED) is 0.624. The summed E-state index contributed by atoms with van der Waals surface area (Å²) < 4.78 is 20.3. The Balaban J connectivity index is 1.44. The Kier molecular flexibility index (Phi) is 7.08. The highest BCUT2D eigenvalue weighted by molar-refractivity contribution is 7.17. The van der Waals surface area contributed by atoms with Crippen molar-refractivity contribution in [3.63, 3.8) is 0 Å². The minimum atomic E-state index is -0.955. The van der Waals surface area contributed by atoms with E-state index in [1.54, 1.807) is 18.2 Å². The van der Waals surface area contributed by atoms with Gasteiger partial charge in [-0.3, -0.25) is 14.4 Å². The number of aliphatic hydroxyl groups excluding tert-OH is 1. The number of ether oxygens (including phenoxy) is 1. The zero-order valence-electron chi connectivity index (χ0n) is 17.4. The van der Waals surface area contributed by atoms with Gasteiger partial charge in [-0.1, -0.05) is 11.6 Å². The average Bonchev–Trinajstić information content (AvgIpc) is 3.39. The van der Waals surface area contributed by atoms with Gasteiger partial charge in [0, 0.05) is 36.2 Å². The van der Waals surface area contributed by atoms with Crippen LogP contribution in [0.3, 0.4) is 0 Å². The van der Waals surface area contributed by atoms with Gasteiger partial charge < -0.3 is 25.0 Å². The van der Waals surface area contributed by atoms with Crippen LogP contribution in [-0.2, 0) is 19.1 Å². The van der Waals surface area contributed by atoms with Gasteiger partial charge in [-0.2, -0.15) is 0 Å². The van der Waals surface area contributed by atoms with E-state index in [4.69, 9.17) is 16.3 Å². The fourth-order valence-corrected chi connectivity index (χ4v) is 4.72. The van der Waals surface area contributed by atoms with Crippen LogP contribution in [0.1, 0.15) is 11.3 Å². The number of carbonyl (C=O) groups is 3. The number of benzene rings is 1. The van der Waals surface area contributed by atoms with E-state index in [0.29, 0.717) is 23.2 Å². The smallest absolute Gasteiger partial charge is 0.253 e. The van der Waals surface area contributed by atoms with Crippen LogP contribution in [0.4, 0.5) is 15.8 Å². The second-order valence-corrected chi connectivity index (χ2v) is 9.37. The van der Waals surface area contributed by atoms with Crippen molar-refractivity contribution in [2.24, 2.45) is 0 Å². The molecule has 174 valence electrons. The van der Waals surface area contributed by atoms with Crippen LogP contribution in [0.5, 0.6) is 0 Å². The van der Waals surface area contributed by atoms with Gasteiger partial charge in [0.15, 0.2) is 0 Å². The molecular weight excluding hydrogens is 473 g/mol. The summed E-state index contributed by atoms with van der Waals surface area (Å²) in [6.45, 7) is 0.592. The molecule has 11 heteroatoms. The number of carbonyl (C=O) groups excluding carboxylic acids is 3. The summed E-state index contributed by atoms with van der Waals surface area (Å²) in [5.41, 5.74) is 0.285.